The number of anilines is 3. The Bertz CT molecular complexity index is 3050. The van der Waals surface area contributed by atoms with Crippen molar-refractivity contribution in [3.63, 3.8) is 0 Å². The summed E-state index contributed by atoms with van der Waals surface area (Å²) < 4.78 is 0. The molecule has 2 aliphatic carbocycles. The lowest BCUT2D eigenvalue weighted by atomic mass is 9.67. The average molecular weight is 824 g/mol. The zero-order valence-electron chi connectivity index (χ0n) is 36.6. The van der Waals surface area contributed by atoms with Crippen LogP contribution in [0, 0.1) is 11.8 Å². The molecule has 0 heterocycles. The number of aryl methyl sites for hydroxylation is 1. The van der Waals surface area contributed by atoms with Crippen molar-refractivity contribution < 1.29 is 0 Å². The summed E-state index contributed by atoms with van der Waals surface area (Å²) in [6.07, 6.45) is 5.94. The van der Waals surface area contributed by atoms with Crippen LogP contribution in [0.2, 0.25) is 0 Å². The van der Waals surface area contributed by atoms with Crippen molar-refractivity contribution in [2.75, 3.05) is 4.90 Å². The van der Waals surface area contributed by atoms with Gasteiger partial charge in [-0.05, 0) is 146 Å². The van der Waals surface area contributed by atoms with Gasteiger partial charge in [0.05, 0.1) is 11.1 Å². The number of hydrogen-bond donors (Lipinski definition) is 0. The van der Waals surface area contributed by atoms with Gasteiger partial charge in [0.25, 0.3) is 0 Å². The standard InChI is InChI=1S/C63H53N/c1-44-41-45(2)43-47(42-44)32-31-46-33-37-52(38-34-46)64(53-39-35-49(36-40-53)55-26-16-20-50-19-15-25-54(62(50)55)48-17-5-3-6-18-48)61-30-14-13-29-60(61)63(51-21-7-4-8-22-51)58-27-11-9-23-56(58)57-24-10-12-28-59(57)63/h3-30,33-40,45,47H,1,31-32,41-43H2,2H3. The van der Waals surface area contributed by atoms with Crippen LogP contribution >= 0.6 is 0 Å². The quantitative estimate of drug-likeness (QED) is 0.124. The molecule has 0 aliphatic heterocycles. The number of rotatable bonds is 10. The molecule has 0 radical (unpaired) electrons. The third-order valence-corrected chi connectivity index (χ3v) is 14.1. The first kappa shape index (κ1) is 39.6. The van der Waals surface area contributed by atoms with Gasteiger partial charge in [0.1, 0.15) is 0 Å². The maximum absolute atomic E-state index is 4.39. The Morgan fingerprint density at radius 3 is 1.62 bits per heavy atom. The largest absolute Gasteiger partial charge is 0.310 e. The summed E-state index contributed by atoms with van der Waals surface area (Å²) >= 11 is 0. The van der Waals surface area contributed by atoms with Gasteiger partial charge in [0, 0.05) is 11.4 Å². The number of allylic oxidation sites excluding steroid dienone is 1. The molecule has 1 saturated carbocycles. The molecule has 0 saturated heterocycles. The highest BCUT2D eigenvalue weighted by Crippen LogP contribution is 2.58. The second kappa shape index (κ2) is 16.8. The minimum absolute atomic E-state index is 0.554. The van der Waals surface area contributed by atoms with E-state index in [4.69, 9.17) is 0 Å². The zero-order valence-corrected chi connectivity index (χ0v) is 36.6. The fourth-order valence-corrected chi connectivity index (χ4v) is 11.4. The summed E-state index contributed by atoms with van der Waals surface area (Å²) in [6, 6.07) is 81.3. The first-order valence-corrected chi connectivity index (χ1v) is 23.1. The van der Waals surface area contributed by atoms with E-state index in [0.29, 0.717) is 0 Å². The summed E-state index contributed by atoms with van der Waals surface area (Å²) in [5, 5.41) is 2.52. The fourth-order valence-electron chi connectivity index (χ4n) is 11.4. The SMILES string of the molecule is C=C1CC(C)CC(CCc2ccc(N(c3ccc(-c4cccc5cccc(-c6ccccc6)c45)cc3)c3ccccc3C3(c4ccccc4)c4ccccc4-c4ccccc43)cc2)C1. The molecule has 9 aromatic carbocycles. The molecule has 1 nitrogen and oxygen atoms in total. The van der Waals surface area contributed by atoms with Crippen LogP contribution in [0.15, 0.2) is 231 Å². The van der Waals surface area contributed by atoms with Gasteiger partial charge < -0.3 is 4.90 Å². The molecule has 1 heteroatoms. The Kier molecular flexibility index (Phi) is 10.4. The lowest BCUT2D eigenvalue weighted by Crippen LogP contribution is -2.30. The van der Waals surface area contributed by atoms with Crippen LogP contribution in [0.1, 0.15) is 60.4 Å². The van der Waals surface area contributed by atoms with Gasteiger partial charge in [-0.25, -0.2) is 0 Å². The van der Waals surface area contributed by atoms with Crippen LogP contribution in [0.5, 0.6) is 0 Å². The van der Waals surface area contributed by atoms with Crippen molar-refractivity contribution in [2.45, 2.75) is 44.4 Å². The van der Waals surface area contributed by atoms with Gasteiger partial charge in [-0.3, -0.25) is 0 Å². The summed E-state index contributed by atoms with van der Waals surface area (Å²) in [6.45, 7) is 6.78. The topological polar surface area (TPSA) is 3.24 Å². The second-order valence-corrected chi connectivity index (χ2v) is 18.3. The van der Waals surface area contributed by atoms with Crippen molar-refractivity contribution in [2.24, 2.45) is 11.8 Å². The van der Waals surface area contributed by atoms with Crippen molar-refractivity contribution in [1.29, 1.82) is 0 Å². The lowest BCUT2D eigenvalue weighted by Gasteiger charge is -2.38. The van der Waals surface area contributed by atoms with Gasteiger partial charge in [-0.1, -0.05) is 207 Å². The lowest BCUT2D eigenvalue weighted by molar-refractivity contribution is 0.321. The normalized spacial score (nSPS) is 16.3. The van der Waals surface area contributed by atoms with Crippen molar-refractivity contribution >= 4 is 27.8 Å². The molecule has 0 amide bonds. The minimum atomic E-state index is -0.554. The van der Waals surface area contributed by atoms with E-state index in [-0.39, 0.29) is 0 Å². The Hall–Kier alpha value is -7.22. The molecule has 2 unspecified atom stereocenters. The van der Waals surface area contributed by atoms with Crippen LogP contribution in [0.4, 0.5) is 17.1 Å². The minimum Gasteiger partial charge on any atom is -0.310 e. The Balaban J connectivity index is 1.07. The Morgan fingerprint density at radius 2 is 1.00 bits per heavy atom. The molecule has 0 spiro atoms. The Labute approximate surface area is 379 Å². The third kappa shape index (κ3) is 6.97. The number of nitrogens with zero attached hydrogens (tertiary/aromatic N) is 1. The van der Waals surface area contributed by atoms with Gasteiger partial charge in [0.15, 0.2) is 0 Å². The summed E-state index contributed by atoms with van der Waals surface area (Å²) in [7, 11) is 0. The smallest absolute Gasteiger partial charge is 0.0733 e. The summed E-state index contributed by atoms with van der Waals surface area (Å²) in [5.74, 6) is 1.45. The van der Waals surface area contributed by atoms with E-state index >= 15 is 0 Å². The monoisotopic (exact) mass is 823 g/mol. The van der Waals surface area contributed by atoms with E-state index in [9.17, 15) is 0 Å². The van der Waals surface area contributed by atoms with Crippen LogP contribution in [0.25, 0.3) is 44.2 Å². The molecule has 9 aromatic rings. The molecule has 0 N–H and O–H groups in total. The fraction of sp³-hybridized carbons (Fsp3) is 0.143. The number of benzene rings is 9. The van der Waals surface area contributed by atoms with E-state index in [0.717, 1.165) is 35.3 Å². The van der Waals surface area contributed by atoms with Gasteiger partial charge in [-0.15, -0.1) is 0 Å². The molecule has 0 aromatic heterocycles. The van der Waals surface area contributed by atoms with Crippen LogP contribution in [-0.4, -0.2) is 0 Å². The Morgan fingerprint density at radius 1 is 0.484 bits per heavy atom. The third-order valence-electron chi connectivity index (χ3n) is 14.1. The number of para-hydroxylation sites is 1. The van der Waals surface area contributed by atoms with E-state index < -0.39 is 5.41 Å². The molecule has 11 rings (SSSR count). The van der Waals surface area contributed by atoms with E-state index in [1.165, 1.54) is 103 Å². The first-order chi connectivity index (χ1) is 31.6. The van der Waals surface area contributed by atoms with Crippen molar-refractivity contribution in [1.82, 2.24) is 0 Å². The van der Waals surface area contributed by atoms with E-state index in [1.54, 1.807) is 0 Å². The first-order valence-electron chi connectivity index (χ1n) is 23.1. The molecule has 1 fully saturated rings. The molecule has 0 bridgehead atoms. The van der Waals surface area contributed by atoms with E-state index in [1.807, 2.05) is 0 Å². The molecule has 2 atom stereocenters. The number of fused-ring (bicyclic) bond motifs is 4. The van der Waals surface area contributed by atoms with Crippen LogP contribution in [0.3, 0.4) is 0 Å². The highest BCUT2D eigenvalue weighted by Gasteiger charge is 2.47. The predicted octanol–water partition coefficient (Wildman–Crippen LogP) is 16.9. The molecule has 64 heavy (non-hydrogen) atoms. The molecular formula is C63H53N. The average Bonchev–Trinajstić information content (AvgIpc) is 3.65. The summed E-state index contributed by atoms with van der Waals surface area (Å²) in [4.78, 5) is 2.50. The van der Waals surface area contributed by atoms with Crippen molar-refractivity contribution in [3.8, 4) is 33.4 Å². The molecule has 310 valence electrons. The highest BCUT2D eigenvalue weighted by atomic mass is 15.1. The molecular weight excluding hydrogens is 771 g/mol. The summed E-state index contributed by atoms with van der Waals surface area (Å²) in [5.41, 5.74) is 18.3. The second-order valence-electron chi connectivity index (χ2n) is 18.3. The highest BCUT2D eigenvalue weighted by molar-refractivity contribution is 6.06. The number of hydrogen-bond acceptors (Lipinski definition) is 1. The van der Waals surface area contributed by atoms with Crippen LogP contribution < -0.4 is 4.90 Å². The maximum Gasteiger partial charge on any atom is 0.0733 e. The predicted molar refractivity (Wildman–Crippen MR) is 271 cm³/mol. The van der Waals surface area contributed by atoms with Crippen molar-refractivity contribution in [3.05, 3.63) is 258 Å². The zero-order chi connectivity index (χ0) is 43.0. The van der Waals surface area contributed by atoms with Gasteiger partial charge in [0.2, 0.25) is 0 Å². The van der Waals surface area contributed by atoms with Gasteiger partial charge >= 0.3 is 0 Å². The van der Waals surface area contributed by atoms with Gasteiger partial charge in [-0.2, -0.15) is 0 Å². The maximum atomic E-state index is 4.39. The van der Waals surface area contributed by atoms with Crippen LogP contribution in [-0.2, 0) is 11.8 Å². The molecule has 2 aliphatic rings. The van der Waals surface area contributed by atoms with E-state index in [2.05, 4.69) is 237 Å².